The highest BCUT2D eigenvalue weighted by Gasteiger charge is 2.20. The Morgan fingerprint density at radius 3 is 2.53 bits per heavy atom. The van der Waals surface area contributed by atoms with Gasteiger partial charge < -0.3 is 9.15 Å². The van der Waals surface area contributed by atoms with Gasteiger partial charge in [-0.15, -0.1) is 10.2 Å². The summed E-state index contributed by atoms with van der Waals surface area (Å²) in [7, 11) is 0. The summed E-state index contributed by atoms with van der Waals surface area (Å²) in [6.07, 6.45) is 0. The average molecular weight is 419 g/mol. The van der Waals surface area contributed by atoms with Gasteiger partial charge >= 0.3 is 0 Å². The minimum absolute atomic E-state index is 0.122. The summed E-state index contributed by atoms with van der Waals surface area (Å²) in [5.41, 5.74) is 3.26. The summed E-state index contributed by atoms with van der Waals surface area (Å²) in [5, 5.41) is 15.1. The Balaban J connectivity index is 1.40. The number of benzene rings is 2. The van der Waals surface area contributed by atoms with Crippen molar-refractivity contribution in [1.82, 2.24) is 19.8 Å². The number of hydrogen-bond donors (Lipinski definition) is 0. The predicted molar refractivity (Wildman–Crippen MR) is 118 cm³/mol. The number of para-hydroxylation sites is 1. The fourth-order valence-electron chi connectivity index (χ4n) is 3.44. The molecular formula is C23H22N4O2S. The van der Waals surface area contributed by atoms with E-state index in [1.54, 1.807) is 4.52 Å². The number of furan rings is 1. The highest BCUT2D eigenvalue weighted by molar-refractivity contribution is 7.16. The maximum absolute atomic E-state index is 6.04. The van der Waals surface area contributed by atoms with Gasteiger partial charge in [-0.25, -0.2) is 0 Å². The van der Waals surface area contributed by atoms with Crippen LogP contribution in [0.15, 0.2) is 52.9 Å². The molecule has 0 aliphatic heterocycles. The summed E-state index contributed by atoms with van der Waals surface area (Å²) < 4.78 is 13.7. The monoisotopic (exact) mass is 418 g/mol. The number of fused-ring (bicyclic) bond motifs is 2. The number of aromatic nitrogens is 4. The lowest BCUT2D eigenvalue weighted by Gasteiger charge is -2.19. The number of hydrogen-bond acceptors (Lipinski definition) is 6. The normalized spacial score (nSPS) is 12.1. The molecule has 0 atom stereocenters. The second-order valence-corrected chi connectivity index (χ2v) is 9.37. The molecule has 5 aromatic rings. The first kappa shape index (κ1) is 18.8. The third-order valence-electron chi connectivity index (χ3n) is 5.16. The predicted octanol–water partition coefficient (Wildman–Crippen LogP) is 5.78. The van der Waals surface area contributed by atoms with E-state index in [4.69, 9.17) is 9.15 Å². The van der Waals surface area contributed by atoms with Crippen LogP contribution in [0.5, 0.6) is 5.75 Å². The van der Waals surface area contributed by atoms with Crippen molar-refractivity contribution in [3.63, 3.8) is 0 Å². The van der Waals surface area contributed by atoms with Gasteiger partial charge in [0.1, 0.15) is 17.9 Å². The molecule has 0 aliphatic carbocycles. The van der Waals surface area contributed by atoms with Crippen molar-refractivity contribution in [1.29, 1.82) is 0 Å². The lowest BCUT2D eigenvalue weighted by Crippen LogP contribution is -2.10. The maximum atomic E-state index is 6.04. The Morgan fingerprint density at radius 2 is 1.80 bits per heavy atom. The minimum atomic E-state index is 0.122. The molecule has 152 valence electrons. The Labute approximate surface area is 178 Å². The molecule has 0 spiro atoms. The number of rotatable bonds is 4. The van der Waals surface area contributed by atoms with E-state index in [0.717, 1.165) is 27.3 Å². The molecule has 0 fully saturated rings. The summed E-state index contributed by atoms with van der Waals surface area (Å²) in [4.78, 5) is 0.714. The van der Waals surface area contributed by atoms with Gasteiger partial charge in [0.25, 0.3) is 0 Å². The highest BCUT2D eigenvalue weighted by atomic mass is 32.1. The third kappa shape index (κ3) is 3.25. The van der Waals surface area contributed by atoms with E-state index in [9.17, 15) is 0 Å². The van der Waals surface area contributed by atoms with Crippen LogP contribution in [0.4, 0.5) is 0 Å². The van der Waals surface area contributed by atoms with Crippen LogP contribution >= 0.6 is 11.3 Å². The van der Waals surface area contributed by atoms with Crippen molar-refractivity contribution in [3.05, 3.63) is 64.7 Å². The summed E-state index contributed by atoms with van der Waals surface area (Å²) in [5.74, 6) is 2.12. The molecule has 2 aromatic carbocycles. The molecule has 3 aromatic heterocycles. The molecule has 30 heavy (non-hydrogen) atoms. The van der Waals surface area contributed by atoms with Gasteiger partial charge in [-0.05, 0) is 36.1 Å². The zero-order chi connectivity index (χ0) is 20.9. The molecule has 5 rings (SSSR count). The largest absolute Gasteiger partial charge is 0.486 e. The first-order valence-electron chi connectivity index (χ1n) is 9.83. The van der Waals surface area contributed by atoms with E-state index in [2.05, 4.69) is 48.2 Å². The van der Waals surface area contributed by atoms with E-state index in [1.807, 2.05) is 43.3 Å². The lowest BCUT2D eigenvalue weighted by atomic mass is 9.87. The third-order valence-corrected chi connectivity index (χ3v) is 6.03. The lowest BCUT2D eigenvalue weighted by molar-refractivity contribution is 0.304. The van der Waals surface area contributed by atoms with Crippen LogP contribution in [0, 0.1) is 6.92 Å². The summed E-state index contributed by atoms with van der Waals surface area (Å²) in [6, 6.07) is 16.2. The quantitative estimate of drug-likeness (QED) is 0.370. The summed E-state index contributed by atoms with van der Waals surface area (Å²) >= 11 is 1.46. The van der Waals surface area contributed by atoms with Crippen molar-refractivity contribution in [3.8, 4) is 17.3 Å². The molecule has 0 aliphatic rings. The zero-order valence-corrected chi connectivity index (χ0v) is 18.2. The van der Waals surface area contributed by atoms with Crippen LogP contribution < -0.4 is 4.74 Å². The van der Waals surface area contributed by atoms with Gasteiger partial charge in [-0.2, -0.15) is 9.61 Å². The Bertz CT molecular complexity index is 1340. The smallest absolute Gasteiger partial charge is 0.235 e. The Kier molecular flexibility index (Phi) is 4.36. The first-order valence-corrected chi connectivity index (χ1v) is 10.6. The van der Waals surface area contributed by atoms with E-state index in [-0.39, 0.29) is 5.41 Å². The molecular weight excluding hydrogens is 396 g/mol. The fraction of sp³-hybridized carbons (Fsp3) is 0.261. The Hall–Kier alpha value is -3.19. The topological polar surface area (TPSA) is 65.5 Å². The average Bonchev–Trinajstić information content (AvgIpc) is 3.39. The molecule has 0 unspecified atom stereocenters. The fourth-order valence-corrected chi connectivity index (χ4v) is 4.19. The molecule has 0 amide bonds. The van der Waals surface area contributed by atoms with Crippen LogP contribution in [-0.4, -0.2) is 19.8 Å². The van der Waals surface area contributed by atoms with Crippen molar-refractivity contribution in [2.75, 3.05) is 0 Å². The van der Waals surface area contributed by atoms with Gasteiger partial charge in [0.2, 0.25) is 10.8 Å². The van der Waals surface area contributed by atoms with Crippen LogP contribution in [0.2, 0.25) is 0 Å². The van der Waals surface area contributed by atoms with Gasteiger partial charge in [0, 0.05) is 10.9 Å². The highest BCUT2D eigenvalue weighted by Crippen LogP contribution is 2.32. The van der Waals surface area contributed by atoms with Gasteiger partial charge in [-0.1, -0.05) is 62.4 Å². The van der Waals surface area contributed by atoms with E-state index < -0.39 is 0 Å². The molecule has 0 radical (unpaired) electrons. The van der Waals surface area contributed by atoms with Gasteiger partial charge in [0.15, 0.2) is 10.8 Å². The van der Waals surface area contributed by atoms with Crippen molar-refractivity contribution < 1.29 is 9.15 Å². The molecule has 0 saturated heterocycles. The second-order valence-electron chi connectivity index (χ2n) is 8.33. The minimum Gasteiger partial charge on any atom is -0.486 e. The molecule has 6 nitrogen and oxygen atoms in total. The van der Waals surface area contributed by atoms with Crippen LogP contribution in [0.1, 0.15) is 36.9 Å². The summed E-state index contributed by atoms with van der Waals surface area (Å²) in [6.45, 7) is 9.00. The first-order chi connectivity index (χ1) is 14.4. The van der Waals surface area contributed by atoms with Crippen molar-refractivity contribution >= 4 is 27.3 Å². The van der Waals surface area contributed by atoms with Crippen molar-refractivity contribution in [2.45, 2.75) is 39.7 Å². The van der Waals surface area contributed by atoms with Gasteiger partial charge in [0.05, 0.1) is 0 Å². The SMILES string of the molecule is Cc1c(-c2nnc3sc(COc4ccc(C(C)(C)C)cc4)nn23)oc2ccccc12. The standard InChI is InChI=1S/C23H22N4O2S/c1-14-17-7-5-6-8-18(17)29-20(14)21-24-25-22-27(21)26-19(30-22)13-28-16-11-9-15(10-12-16)23(2,3)4/h5-12H,13H2,1-4H3. The molecule has 0 N–H and O–H groups in total. The number of ether oxygens (including phenoxy) is 1. The number of aryl methyl sites for hydroxylation is 1. The molecule has 0 bridgehead atoms. The maximum Gasteiger partial charge on any atom is 0.235 e. The van der Waals surface area contributed by atoms with Crippen LogP contribution in [0.3, 0.4) is 0 Å². The van der Waals surface area contributed by atoms with Gasteiger partial charge in [-0.3, -0.25) is 0 Å². The second kappa shape index (κ2) is 6.95. The van der Waals surface area contributed by atoms with E-state index >= 15 is 0 Å². The van der Waals surface area contributed by atoms with E-state index in [0.29, 0.717) is 23.2 Å². The Morgan fingerprint density at radius 1 is 1.03 bits per heavy atom. The van der Waals surface area contributed by atoms with Crippen LogP contribution in [0.25, 0.3) is 27.5 Å². The zero-order valence-electron chi connectivity index (χ0n) is 17.3. The molecule has 0 saturated carbocycles. The number of nitrogens with zero attached hydrogens (tertiary/aromatic N) is 4. The van der Waals surface area contributed by atoms with Crippen molar-refractivity contribution in [2.24, 2.45) is 0 Å². The molecule has 3 heterocycles. The molecule has 7 heteroatoms. The van der Waals surface area contributed by atoms with Crippen LogP contribution in [-0.2, 0) is 12.0 Å². The van der Waals surface area contributed by atoms with E-state index in [1.165, 1.54) is 16.9 Å².